The molecule has 2 N–H and O–H groups in total. The number of carbonyl (C=O) groups excluding carboxylic acids is 3. The molecule has 2 amide bonds. The van der Waals surface area contributed by atoms with Crippen molar-refractivity contribution >= 4 is 18.0 Å². The Morgan fingerprint density at radius 2 is 1.74 bits per heavy atom. The van der Waals surface area contributed by atoms with Gasteiger partial charge in [-0.3, -0.25) is 4.79 Å². The van der Waals surface area contributed by atoms with Crippen LogP contribution in [0.2, 0.25) is 0 Å². The second kappa shape index (κ2) is 7.19. The van der Waals surface area contributed by atoms with Crippen LogP contribution < -0.4 is 10.6 Å². The van der Waals surface area contributed by atoms with E-state index in [1.54, 1.807) is 27.7 Å². The molecule has 7 heteroatoms. The van der Waals surface area contributed by atoms with Crippen LogP contribution in [0, 0.1) is 5.92 Å². The maximum atomic E-state index is 12.5. The Hall–Kier alpha value is -1.79. The van der Waals surface area contributed by atoms with E-state index in [1.165, 1.54) is 0 Å². The van der Waals surface area contributed by atoms with Crippen LogP contribution in [-0.2, 0) is 19.1 Å². The number of hydrogen-bond acceptors (Lipinski definition) is 5. The van der Waals surface area contributed by atoms with Crippen molar-refractivity contribution in [1.29, 1.82) is 0 Å². The molecule has 0 spiro atoms. The SMILES string of the molecule is CCOC(=O)C1(NC(=O)[C@@H](NC(=O)OC(C)(C)C)C(C)C)CC1. The van der Waals surface area contributed by atoms with E-state index in [9.17, 15) is 14.4 Å². The van der Waals surface area contributed by atoms with Crippen LogP contribution in [-0.4, -0.2) is 41.8 Å². The molecule has 1 rings (SSSR count). The predicted molar refractivity (Wildman–Crippen MR) is 84.7 cm³/mol. The molecule has 1 saturated carbocycles. The van der Waals surface area contributed by atoms with Crippen molar-refractivity contribution in [1.82, 2.24) is 10.6 Å². The van der Waals surface area contributed by atoms with Crippen LogP contribution in [0.25, 0.3) is 0 Å². The highest BCUT2D eigenvalue weighted by molar-refractivity contribution is 5.93. The van der Waals surface area contributed by atoms with Crippen LogP contribution in [0.15, 0.2) is 0 Å². The first-order valence-electron chi connectivity index (χ1n) is 7.99. The highest BCUT2D eigenvalue weighted by Gasteiger charge is 2.53. The Kier molecular flexibility index (Phi) is 6.02. The average molecular weight is 328 g/mol. The number of carbonyl (C=O) groups is 3. The Bertz CT molecular complexity index is 464. The van der Waals surface area contributed by atoms with E-state index >= 15 is 0 Å². The van der Waals surface area contributed by atoms with Gasteiger partial charge in [-0.2, -0.15) is 0 Å². The Labute approximate surface area is 137 Å². The molecule has 132 valence electrons. The second-order valence-corrected chi connectivity index (χ2v) is 7.16. The molecule has 0 bridgehead atoms. The van der Waals surface area contributed by atoms with Crippen molar-refractivity contribution in [3.63, 3.8) is 0 Å². The van der Waals surface area contributed by atoms with Gasteiger partial charge in [0.15, 0.2) is 0 Å². The quantitative estimate of drug-likeness (QED) is 0.725. The van der Waals surface area contributed by atoms with E-state index in [-0.39, 0.29) is 12.5 Å². The highest BCUT2D eigenvalue weighted by atomic mass is 16.6. The smallest absolute Gasteiger partial charge is 0.408 e. The summed E-state index contributed by atoms with van der Waals surface area (Å²) in [5.74, 6) is -0.981. The van der Waals surface area contributed by atoms with Crippen LogP contribution >= 0.6 is 0 Å². The van der Waals surface area contributed by atoms with Crippen molar-refractivity contribution in [2.24, 2.45) is 5.92 Å². The number of esters is 1. The third-order valence-electron chi connectivity index (χ3n) is 3.40. The van der Waals surface area contributed by atoms with Gasteiger partial charge in [-0.05, 0) is 46.5 Å². The lowest BCUT2D eigenvalue weighted by atomic mass is 10.0. The topological polar surface area (TPSA) is 93.7 Å². The summed E-state index contributed by atoms with van der Waals surface area (Å²) in [6.45, 7) is 10.8. The summed E-state index contributed by atoms with van der Waals surface area (Å²) in [6, 6.07) is -0.781. The van der Waals surface area contributed by atoms with Gasteiger partial charge in [0.05, 0.1) is 6.61 Å². The summed E-state index contributed by atoms with van der Waals surface area (Å²) in [4.78, 5) is 36.3. The third kappa shape index (κ3) is 5.73. The molecule has 23 heavy (non-hydrogen) atoms. The van der Waals surface area contributed by atoms with Gasteiger partial charge in [-0.15, -0.1) is 0 Å². The van der Waals surface area contributed by atoms with Crippen LogP contribution in [0.5, 0.6) is 0 Å². The number of amides is 2. The van der Waals surface area contributed by atoms with E-state index in [0.29, 0.717) is 12.8 Å². The monoisotopic (exact) mass is 328 g/mol. The number of nitrogens with one attached hydrogen (secondary N) is 2. The molecular formula is C16H28N2O5. The Morgan fingerprint density at radius 3 is 2.13 bits per heavy atom. The number of alkyl carbamates (subject to hydrolysis) is 1. The lowest BCUT2D eigenvalue weighted by Gasteiger charge is -2.26. The number of rotatable bonds is 6. The summed E-state index contributed by atoms with van der Waals surface area (Å²) >= 11 is 0. The molecule has 0 aromatic heterocycles. The molecule has 0 aliphatic heterocycles. The van der Waals surface area contributed by atoms with Gasteiger partial charge >= 0.3 is 12.1 Å². The molecule has 0 unspecified atom stereocenters. The minimum Gasteiger partial charge on any atom is -0.464 e. The van der Waals surface area contributed by atoms with Crippen molar-refractivity contribution in [3.8, 4) is 0 Å². The van der Waals surface area contributed by atoms with Crippen molar-refractivity contribution < 1.29 is 23.9 Å². The van der Waals surface area contributed by atoms with E-state index in [4.69, 9.17) is 9.47 Å². The maximum Gasteiger partial charge on any atom is 0.408 e. The predicted octanol–water partition coefficient (Wildman–Crippen LogP) is 1.75. The average Bonchev–Trinajstić information content (AvgIpc) is 3.14. The molecule has 0 saturated heterocycles. The molecule has 1 aliphatic carbocycles. The summed E-state index contributed by atoms with van der Waals surface area (Å²) in [5, 5.41) is 5.29. The lowest BCUT2D eigenvalue weighted by Crippen LogP contribution is -2.55. The van der Waals surface area contributed by atoms with Gasteiger partial charge in [0.1, 0.15) is 17.2 Å². The number of hydrogen-bond donors (Lipinski definition) is 2. The zero-order valence-electron chi connectivity index (χ0n) is 14.8. The van der Waals surface area contributed by atoms with Gasteiger partial charge < -0.3 is 20.1 Å². The summed E-state index contributed by atoms with van der Waals surface area (Å²) < 4.78 is 10.2. The largest absolute Gasteiger partial charge is 0.464 e. The maximum absolute atomic E-state index is 12.5. The highest BCUT2D eigenvalue weighted by Crippen LogP contribution is 2.36. The van der Waals surface area contributed by atoms with E-state index in [0.717, 1.165) is 0 Å². The molecule has 1 fully saturated rings. The molecule has 0 radical (unpaired) electrons. The van der Waals surface area contributed by atoms with Gasteiger partial charge in [-0.1, -0.05) is 13.8 Å². The fraction of sp³-hybridized carbons (Fsp3) is 0.812. The zero-order valence-corrected chi connectivity index (χ0v) is 14.8. The summed E-state index contributed by atoms with van der Waals surface area (Å²) in [6.07, 6.45) is 0.441. The van der Waals surface area contributed by atoms with Crippen molar-refractivity contribution in [2.75, 3.05) is 6.61 Å². The minimum absolute atomic E-state index is 0.152. The fourth-order valence-corrected chi connectivity index (χ4v) is 2.06. The van der Waals surface area contributed by atoms with E-state index in [2.05, 4.69) is 10.6 Å². The second-order valence-electron chi connectivity index (χ2n) is 7.16. The van der Waals surface area contributed by atoms with Crippen LogP contribution in [0.4, 0.5) is 4.79 Å². The first-order valence-corrected chi connectivity index (χ1v) is 7.99. The standard InChI is InChI=1S/C16H28N2O5/c1-7-22-13(20)16(8-9-16)18-12(19)11(10(2)3)17-14(21)23-15(4,5)6/h10-11H,7-9H2,1-6H3,(H,17,21)(H,18,19)/t11-/m0/s1. The molecular weight excluding hydrogens is 300 g/mol. The van der Waals surface area contributed by atoms with E-state index in [1.807, 2.05) is 13.8 Å². The van der Waals surface area contributed by atoms with Gasteiger partial charge in [0, 0.05) is 0 Å². The molecule has 0 aromatic carbocycles. The first kappa shape index (κ1) is 19.3. The molecule has 7 nitrogen and oxygen atoms in total. The Balaban J connectivity index is 2.69. The first-order chi connectivity index (χ1) is 10.5. The normalized spacial score (nSPS) is 17.2. The molecule has 1 atom stereocenters. The molecule has 0 aromatic rings. The summed E-state index contributed by atoms with van der Waals surface area (Å²) in [7, 11) is 0. The summed E-state index contributed by atoms with van der Waals surface area (Å²) in [5.41, 5.74) is -1.58. The van der Waals surface area contributed by atoms with Crippen LogP contribution in [0.1, 0.15) is 54.4 Å². The fourth-order valence-electron chi connectivity index (χ4n) is 2.06. The van der Waals surface area contributed by atoms with Gasteiger partial charge in [0.25, 0.3) is 0 Å². The van der Waals surface area contributed by atoms with Gasteiger partial charge in [0.2, 0.25) is 5.91 Å². The lowest BCUT2D eigenvalue weighted by molar-refractivity contribution is -0.149. The van der Waals surface area contributed by atoms with Crippen LogP contribution in [0.3, 0.4) is 0 Å². The van der Waals surface area contributed by atoms with Gasteiger partial charge in [-0.25, -0.2) is 9.59 Å². The molecule has 1 aliphatic rings. The Morgan fingerprint density at radius 1 is 1.17 bits per heavy atom. The van der Waals surface area contributed by atoms with Crippen molar-refractivity contribution in [2.45, 2.75) is 71.6 Å². The van der Waals surface area contributed by atoms with Crippen molar-refractivity contribution in [3.05, 3.63) is 0 Å². The van der Waals surface area contributed by atoms with E-state index < -0.39 is 35.2 Å². The zero-order chi connectivity index (χ0) is 17.8. The number of ether oxygens (including phenoxy) is 2. The minimum atomic E-state index is -0.935. The molecule has 0 heterocycles. The third-order valence-corrected chi connectivity index (χ3v) is 3.40.